The second-order valence-corrected chi connectivity index (χ2v) is 10.9. The summed E-state index contributed by atoms with van der Waals surface area (Å²) >= 11 is 5.77. The number of aromatic nitrogens is 3. The number of amides is 1. The summed E-state index contributed by atoms with van der Waals surface area (Å²) in [7, 11) is 0. The van der Waals surface area contributed by atoms with Gasteiger partial charge in [-0.2, -0.15) is 35.5 Å². The first kappa shape index (κ1) is 33.6. The molecule has 0 unspecified atom stereocenters. The van der Waals surface area contributed by atoms with Gasteiger partial charge in [-0.15, -0.1) is 0 Å². The Hall–Kier alpha value is -2.61. The Kier molecular flexibility index (Phi) is 12.0. The zero-order chi connectivity index (χ0) is 30.3. The maximum absolute atomic E-state index is 13.4. The molecule has 1 aliphatic rings. The molecular formula is C25H32ClF5N4O4S. The Morgan fingerprint density at radius 1 is 1.23 bits per heavy atom. The maximum Gasteiger partial charge on any atom is 0.394 e. The fourth-order valence-corrected chi connectivity index (χ4v) is 4.76. The molecule has 224 valence electrons. The van der Waals surface area contributed by atoms with E-state index >= 15 is 0 Å². The second kappa shape index (κ2) is 14.3. The highest BCUT2D eigenvalue weighted by atomic mass is 35.5. The van der Waals surface area contributed by atoms with Crippen molar-refractivity contribution in [3.05, 3.63) is 28.5 Å². The van der Waals surface area contributed by atoms with Crippen LogP contribution in [0.2, 0.25) is 5.02 Å². The fraction of sp³-hybridized carbons (Fsp3) is 0.640. The molecule has 1 amide bonds. The van der Waals surface area contributed by atoms with E-state index in [1.165, 1.54) is 4.68 Å². The van der Waals surface area contributed by atoms with E-state index in [1.54, 1.807) is 6.92 Å². The lowest BCUT2D eigenvalue weighted by atomic mass is 9.83. The third-order valence-electron chi connectivity index (χ3n) is 6.86. The molecule has 40 heavy (non-hydrogen) atoms. The summed E-state index contributed by atoms with van der Waals surface area (Å²) in [6, 6.07) is 1.09. The smallest absolute Gasteiger partial charge is 0.394 e. The van der Waals surface area contributed by atoms with Gasteiger partial charge in [-0.3, -0.25) is 14.5 Å². The Morgan fingerprint density at radius 3 is 2.35 bits per heavy atom. The molecule has 1 N–H and O–H groups in total. The molecule has 15 heteroatoms. The van der Waals surface area contributed by atoms with Gasteiger partial charge in [0.2, 0.25) is 0 Å². The van der Waals surface area contributed by atoms with E-state index in [9.17, 15) is 26.7 Å². The van der Waals surface area contributed by atoms with E-state index in [2.05, 4.69) is 27.1 Å². The van der Waals surface area contributed by atoms with Crippen LogP contribution in [0, 0.1) is 17.3 Å². The molecule has 2 aromatic rings. The minimum absolute atomic E-state index is 0.0557. The van der Waals surface area contributed by atoms with Crippen molar-refractivity contribution in [3.63, 3.8) is 0 Å². The molecular weight excluding hydrogens is 583 g/mol. The van der Waals surface area contributed by atoms with Crippen LogP contribution in [-0.2, 0) is 24.5 Å². The first-order valence-electron chi connectivity index (χ1n) is 12.6. The molecule has 0 aromatic carbocycles. The van der Waals surface area contributed by atoms with Crippen molar-refractivity contribution in [1.29, 1.82) is 0 Å². The third-order valence-corrected chi connectivity index (χ3v) is 7.22. The van der Waals surface area contributed by atoms with Crippen molar-refractivity contribution in [2.75, 3.05) is 6.54 Å². The van der Waals surface area contributed by atoms with E-state index in [4.69, 9.17) is 20.0 Å². The summed E-state index contributed by atoms with van der Waals surface area (Å²) in [6.45, 7) is 3.37. The van der Waals surface area contributed by atoms with Gasteiger partial charge in [0.25, 0.3) is 5.91 Å². The van der Waals surface area contributed by atoms with Gasteiger partial charge in [0.15, 0.2) is 11.4 Å². The predicted octanol–water partition coefficient (Wildman–Crippen LogP) is 6.24. The molecule has 0 aliphatic heterocycles. The number of nitrogens with one attached hydrogen (secondary N) is 1. The van der Waals surface area contributed by atoms with Gasteiger partial charge in [0, 0.05) is 19.3 Å². The lowest BCUT2D eigenvalue weighted by Gasteiger charge is -2.27. The summed E-state index contributed by atoms with van der Waals surface area (Å²) in [6.07, 6.45) is 0.373. The van der Waals surface area contributed by atoms with Gasteiger partial charge < -0.3 is 10.1 Å². The van der Waals surface area contributed by atoms with Crippen LogP contribution in [0.15, 0.2) is 12.3 Å². The Labute approximate surface area is 237 Å². The largest absolute Gasteiger partial charge is 0.432 e. The number of nitrogens with zero attached hydrogens (tertiary/aromatic N) is 3. The Morgan fingerprint density at radius 2 is 1.82 bits per heavy atom. The van der Waals surface area contributed by atoms with Crippen molar-refractivity contribution in [2.24, 2.45) is 17.3 Å². The Balaban J connectivity index is 0.00000178. The summed E-state index contributed by atoms with van der Waals surface area (Å²) in [5.41, 5.74) is -2.23. The summed E-state index contributed by atoms with van der Waals surface area (Å²) < 4.78 is 89.1. The number of ether oxygens (including phenoxy) is 1. The minimum atomic E-state index is -4.52. The molecule has 8 nitrogen and oxygen atoms in total. The van der Waals surface area contributed by atoms with Crippen molar-refractivity contribution in [2.45, 2.75) is 79.1 Å². The van der Waals surface area contributed by atoms with E-state index in [0.29, 0.717) is 18.4 Å². The highest BCUT2D eigenvalue weighted by Crippen LogP contribution is 2.42. The quantitative estimate of drug-likeness (QED) is 0.336. The number of carbonyl (C=O) groups excluding carboxylic acids is 1. The zero-order valence-corrected chi connectivity index (χ0v) is 24.1. The topological polar surface area (TPSA) is 103 Å². The van der Waals surface area contributed by atoms with E-state index in [-0.39, 0.29) is 34.2 Å². The zero-order valence-electron chi connectivity index (χ0n) is 22.5. The Bertz CT molecular complexity index is 1190. The van der Waals surface area contributed by atoms with Crippen molar-refractivity contribution in [3.8, 4) is 17.1 Å². The van der Waals surface area contributed by atoms with E-state index < -0.39 is 47.9 Å². The fourth-order valence-electron chi connectivity index (χ4n) is 4.45. The number of halogens is 6. The molecule has 1 fully saturated rings. The van der Waals surface area contributed by atoms with Gasteiger partial charge in [-0.1, -0.05) is 45.2 Å². The second-order valence-electron chi connectivity index (χ2n) is 10.4. The van der Waals surface area contributed by atoms with Gasteiger partial charge in [0.1, 0.15) is 16.4 Å². The molecule has 0 radical (unpaired) electrons. The standard InChI is InChI=1S/C25H32ClF5N4O2.O2S/c1-5-35-21(18(26)20(34-35)22(36)33-12-15-8-6-14(2)7-9-15)19-17(37-23(27)28)10-16(13-32-19)11-24(3,4)25(29,30)31;1-3-2/h10,13-15,23H,5-9,11-12H2,1-4H3,(H,33,36);. The van der Waals surface area contributed by atoms with Gasteiger partial charge in [-0.25, -0.2) is 0 Å². The molecule has 2 aromatic heterocycles. The van der Waals surface area contributed by atoms with Crippen LogP contribution in [0.1, 0.15) is 69.4 Å². The summed E-state index contributed by atoms with van der Waals surface area (Å²) in [5, 5.41) is 7.01. The van der Waals surface area contributed by atoms with Gasteiger partial charge >= 0.3 is 24.4 Å². The van der Waals surface area contributed by atoms with Crippen LogP contribution in [0.3, 0.4) is 0 Å². The lowest BCUT2D eigenvalue weighted by Crippen LogP contribution is -2.34. The van der Waals surface area contributed by atoms with Crippen molar-refractivity contribution < 1.29 is 39.9 Å². The minimum Gasteiger partial charge on any atom is -0.432 e. The molecule has 0 atom stereocenters. The third kappa shape index (κ3) is 8.69. The molecule has 1 saturated carbocycles. The number of hydrogen-bond donors (Lipinski definition) is 1. The highest BCUT2D eigenvalue weighted by Gasteiger charge is 2.47. The SMILES string of the molecule is CCn1nc(C(=O)NCC2CCC(C)CC2)c(Cl)c1-c1ncc(CC(C)(C)C(F)(F)F)cc1OC(F)F.O=S=O. The van der Waals surface area contributed by atoms with Crippen LogP contribution >= 0.6 is 11.6 Å². The molecule has 3 rings (SSSR count). The molecule has 1 aliphatic carbocycles. The van der Waals surface area contributed by atoms with Crippen LogP contribution in [-0.4, -0.2) is 48.4 Å². The molecule has 0 bridgehead atoms. The normalized spacial score (nSPS) is 17.7. The van der Waals surface area contributed by atoms with E-state index in [1.807, 2.05) is 0 Å². The number of aryl methyl sites for hydroxylation is 1. The molecule has 0 spiro atoms. The average Bonchev–Trinajstić information content (AvgIpc) is 3.19. The number of rotatable bonds is 9. The first-order valence-corrected chi connectivity index (χ1v) is 13.7. The predicted molar refractivity (Wildman–Crippen MR) is 139 cm³/mol. The summed E-state index contributed by atoms with van der Waals surface area (Å²) in [4.78, 5) is 17.0. The van der Waals surface area contributed by atoms with Crippen LogP contribution in [0.5, 0.6) is 5.75 Å². The van der Waals surface area contributed by atoms with Gasteiger partial charge in [-0.05, 0) is 49.7 Å². The lowest BCUT2D eigenvalue weighted by molar-refractivity contribution is -0.211. The summed E-state index contributed by atoms with van der Waals surface area (Å²) in [5.74, 6) is 0.0716. The average molecular weight is 615 g/mol. The number of alkyl halides is 5. The van der Waals surface area contributed by atoms with Crippen LogP contribution in [0.4, 0.5) is 22.0 Å². The molecule has 2 heterocycles. The van der Waals surface area contributed by atoms with Crippen LogP contribution < -0.4 is 10.1 Å². The first-order chi connectivity index (χ1) is 18.6. The maximum atomic E-state index is 13.4. The van der Waals surface area contributed by atoms with E-state index in [0.717, 1.165) is 51.8 Å². The monoisotopic (exact) mass is 614 g/mol. The van der Waals surface area contributed by atoms with Crippen molar-refractivity contribution >= 4 is 29.1 Å². The molecule has 0 saturated heterocycles. The van der Waals surface area contributed by atoms with Crippen LogP contribution in [0.25, 0.3) is 11.4 Å². The van der Waals surface area contributed by atoms with Crippen molar-refractivity contribution in [1.82, 2.24) is 20.1 Å². The highest BCUT2D eigenvalue weighted by molar-refractivity contribution is 7.51. The number of carbonyl (C=O) groups is 1. The number of hydrogen-bond acceptors (Lipinski definition) is 6. The number of pyridine rings is 1. The van der Waals surface area contributed by atoms with Gasteiger partial charge in [0.05, 0.1) is 5.41 Å².